The molecule has 1 heterocycles. The van der Waals surface area contributed by atoms with Gasteiger partial charge in [0.1, 0.15) is 0 Å². The molecule has 0 radical (unpaired) electrons. The van der Waals surface area contributed by atoms with E-state index >= 15 is 0 Å². The van der Waals surface area contributed by atoms with Crippen molar-refractivity contribution in [1.82, 2.24) is 10.2 Å². The van der Waals surface area contributed by atoms with Crippen LogP contribution in [0.5, 0.6) is 0 Å². The quantitative estimate of drug-likeness (QED) is 0.535. The number of rotatable bonds is 7. The van der Waals surface area contributed by atoms with Gasteiger partial charge in [0.05, 0.1) is 13.2 Å². The predicted octanol–water partition coefficient (Wildman–Crippen LogP) is -0.811. The number of nitrogens with one attached hydrogen (secondary N) is 1. The number of nitrogens with zero attached hydrogens (tertiary/aromatic N) is 1. The molecule has 0 aromatic rings. The molecule has 1 unspecified atom stereocenters. The normalized spacial score (nSPS) is 20.0. The zero-order valence-electron chi connectivity index (χ0n) is 9.69. The van der Waals surface area contributed by atoms with Crippen molar-refractivity contribution in [1.29, 1.82) is 0 Å². The molecular weight excluding hydrogens is 208 g/mol. The molecule has 16 heavy (non-hydrogen) atoms. The van der Waals surface area contributed by atoms with E-state index in [4.69, 9.17) is 10.2 Å². The molecule has 0 aromatic carbocycles. The summed E-state index contributed by atoms with van der Waals surface area (Å²) in [6.45, 7) is 2.61. The van der Waals surface area contributed by atoms with Crippen LogP contribution in [0.3, 0.4) is 0 Å². The van der Waals surface area contributed by atoms with Gasteiger partial charge < -0.3 is 20.4 Å². The first-order chi connectivity index (χ1) is 7.77. The van der Waals surface area contributed by atoms with Gasteiger partial charge >= 0.3 is 0 Å². The van der Waals surface area contributed by atoms with Gasteiger partial charge in [-0.2, -0.15) is 0 Å². The topological polar surface area (TPSA) is 72.8 Å². The van der Waals surface area contributed by atoms with E-state index in [1.165, 1.54) is 4.90 Å². The minimum Gasteiger partial charge on any atom is -0.395 e. The van der Waals surface area contributed by atoms with Gasteiger partial charge in [0.2, 0.25) is 5.91 Å². The van der Waals surface area contributed by atoms with Crippen LogP contribution in [-0.2, 0) is 4.79 Å². The molecular formula is C11H22N2O3. The van der Waals surface area contributed by atoms with E-state index in [1.54, 1.807) is 0 Å². The molecule has 1 amide bonds. The maximum Gasteiger partial charge on any atom is 0.222 e. The summed E-state index contributed by atoms with van der Waals surface area (Å²) >= 11 is 0. The van der Waals surface area contributed by atoms with E-state index in [2.05, 4.69) is 5.32 Å². The van der Waals surface area contributed by atoms with Crippen molar-refractivity contribution in [3.8, 4) is 0 Å². The number of hydrogen-bond donors (Lipinski definition) is 3. The van der Waals surface area contributed by atoms with Gasteiger partial charge in [-0.1, -0.05) is 0 Å². The standard InChI is InChI=1S/C11H22N2O3/c14-7-5-13(6-8-15)11(16)2-1-10-3-4-12-9-10/h10,12,14-15H,1-9H2. The van der Waals surface area contributed by atoms with Crippen LogP contribution < -0.4 is 5.32 Å². The molecule has 0 aromatic heterocycles. The Morgan fingerprint density at radius 2 is 2.00 bits per heavy atom. The van der Waals surface area contributed by atoms with Crippen molar-refractivity contribution < 1.29 is 15.0 Å². The maximum atomic E-state index is 11.8. The number of hydrogen-bond acceptors (Lipinski definition) is 4. The monoisotopic (exact) mass is 230 g/mol. The highest BCUT2D eigenvalue weighted by molar-refractivity contribution is 5.76. The molecule has 1 aliphatic rings. The molecule has 94 valence electrons. The minimum atomic E-state index is -0.0449. The Hall–Kier alpha value is -0.650. The SMILES string of the molecule is O=C(CCC1CCNC1)N(CCO)CCO. The first kappa shape index (κ1) is 13.4. The molecule has 1 aliphatic heterocycles. The number of carbonyl (C=O) groups is 1. The first-order valence-electron chi connectivity index (χ1n) is 5.98. The summed E-state index contributed by atoms with van der Waals surface area (Å²) in [5, 5.41) is 20.9. The first-order valence-corrected chi connectivity index (χ1v) is 5.98. The van der Waals surface area contributed by atoms with Gasteiger partial charge in [0.15, 0.2) is 0 Å². The third-order valence-electron chi connectivity index (χ3n) is 3.02. The van der Waals surface area contributed by atoms with Crippen LogP contribution in [0.4, 0.5) is 0 Å². The predicted molar refractivity (Wildman–Crippen MR) is 61.0 cm³/mol. The number of aliphatic hydroxyl groups excluding tert-OH is 2. The third-order valence-corrected chi connectivity index (χ3v) is 3.02. The van der Waals surface area contributed by atoms with Crippen LogP contribution in [0.2, 0.25) is 0 Å². The molecule has 1 fully saturated rings. The smallest absolute Gasteiger partial charge is 0.222 e. The molecule has 3 N–H and O–H groups in total. The summed E-state index contributed by atoms with van der Waals surface area (Å²) < 4.78 is 0. The van der Waals surface area contributed by atoms with Crippen LogP contribution in [0.1, 0.15) is 19.3 Å². The fourth-order valence-electron chi connectivity index (χ4n) is 2.05. The van der Waals surface area contributed by atoms with Crippen LogP contribution in [-0.4, -0.2) is 60.4 Å². The summed E-state index contributed by atoms with van der Waals surface area (Å²) in [6, 6.07) is 0. The molecule has 1 rings (SSSR count). The largest absolute Gasteiger partial charge is 0.395 e. The molecule has 0 spiro atoms. The zero-order chi connectivity index (χ0) is 11.8. The lowest BCUT2D eigenvalue weighted by atomic mass is 10.0. The van der Waals surface area contributed by atoms with Crippen LogP contribution in [0, 0.1) is 5.92 Å². The molecule has 0 aliphatic carbocycles. The van der Waals surface area contributed by atoms with E-state index < -0.39 is 0 Å². The van der Waals surface area contributed by atoms with Crippen molar-refractivity contribution >= 4 is 5.91 Å². The van der Waals surface area contributed by atoms with Gasteiger partial charge in [-0.25, -0.2) is 0 Å². The Labute approximate surface area is 96.4 Å². The van der Waals surface area contributed by atoms with Crippen LogP contribution in [0.25, 0.3) is 0 Å². The zero-order valence-corrected chi connectivity index (χ0v) is 9.69. The van der Waals surface area contributed by atoms with Gasteiger partial charge in [-0.05, 0) is 31.8 Å². The highest BCUT2D eigenvalue weighted by Gasteiger charge is 2.18. The summed E-state index contributed by atoms with van der Waals surface area (Å²) in [4.78, 5) is 13.3. The number of carbonyl (C=O) groups excluding carboxylic acids is 1. The summed E-state index contributed by atoms with van der Waals surface area (Å²) in [5.74, 6) is 0.643. The summed E-state index contributed by atoms with van der Waals surface area (Å²) in [7, 11) is 0. The third kappa shape index (κ3) is 4.47. The molecule has 1 saturated heterocycles. The van der Waals surface area contributed by atoms with Crippen molar-refractivity contribution in [2.75, 3.05) is 39.4 Å². The average molecular weight is 230 g/mol. The van der Waals surface area contributed by atoms with Gasteiger partial charge in [-0.15, -0.1) is 0 Å². The van der Waals surface area contributed by atoms with Gasteiger partial charge in [0.25, 0.3) is 0 Å². The van der Waals surface area contributed by atoms with E-state index in [9.17, 15) is 4.79 Å². The van der Waals surface area contributed by atoms with E-state index in [-0.39, 0.29) is 19.1 Å². The second-order valence-electron chi connectivity index (χ2n) is 4.23. The van der Waals surface area contributed by atoms with E-state index in [0.717, 1.165) is 25.9 Å². The minimum absolute atomic E-state index is 0.0370. The maximum absolute atomic E-state index is 11.8. The number of amides is 1. The van der Waals surface area contributed by atoms with E-state index in [0.29, 0.717) is 25.4 Å². The second kappa shape index (κ2) is 7.60. The fourth-order valence-corrected chi connectivity index (χ4v) is 2.05. The van der Waals surface area contributed by atoms with Crippen molar-refractivity contribution in [2.45, 2.75) is 19.3 Å². The second-order valence-corrected chi connectivity index (χ2v) is 4.23. The molecule has 1 atom stereocenters. The molecule has 0 saturated carbocycles. The fraction of sp³-hybridized carbons (Fsp3) is 0.909. The van der Waals surface area contributed by atoms with Crippen molar-refractivity contribution in [2.24, 2.45) is 5.92 Å². The van der Waals surface area contributed by atoms with Crippen LogP contribution in [0.15, 0.2) is 0 Å². The Bertz CT molecular complexity index is 199. The molecule has 5 heteroatoms. The van der Waals surface area contributed by atoms with Crippen molar-refractivity contribution in [3.63, 3.8) is 0 Å². The van der Waals surface area contributed by atoms with Gasteiger partial charge in [0, 0.05) is 19.5 Å². The lowest BCUT2D eigenvalue weighted by Gasteiger charge is -2.21. The van der Waals surface area contributed by atoms with Crippen LogP contribution >= 0.6 is 0 Å². The molecule has 5 nitrogen and oxygen atoms in total. The lowest BCUT2D eigenvalue weighted by Crippen LogP contribution is -2.36. The number of aliphatic hydroxyl groups is 2. The lowest BCUT2D eigenvalue weighted by molar-refractivity contribution is -0.132. The Kier molecular flexibility index (Phi) is 6.37. The van der Waals surface area contributed by atoms with Crippen molar-refractivity contribution in [3.05, 3.63) is 0 Å². The highest BCUT2D eigenvalue weighted by atomic mass is 16.3. The highest BCUT2D eigenvalue weighted by Crippen LogP contribution is 2.15. The Morgan fingerprint density at radius 1 is 1.31 bits per heavy atom. The summed E-state index contributed by atoms with van der Waals surface area (Å²) in [5.41, 5.74) is 0. The Morgan fingerprint density at radius 3 is 2.50 bits per heavy atom. The van der Waals surface area contributed by atoms with E-state index in [1.807, 2.05) is 0 Å². The Balaban J connectivity index is 2.24. The summed E-state index contributed by atoms with van der Waals surface area (Å²) in [6.07, 6.45) is 2.57. The molecule has 0 bridgehead atoms. The average Bonchev–Trinajstić information content (AvgIpc) is 2.78. The van der Waals surface area contributed by atoms with Gasteiger partial charge in [-0.3, -0.25) is 4.79 Å².